The van der Waals surface area contributed by atoms with Crippen LogP contribution in [0.5, 0.6) is 0 Å². The maximum absolute atomic E-state index is 2.22. The van der Waals surface area contributed by atoms with Crippen molar-refractivity contribution in [2.24, 2.45) is 0 Å². The molecule has 4 aromatic rings. The van der Waals surface area contributed by atoms with Crippen molar-refractivity contribution >= 4 is 23.1 Å². The lowest BCUT2D eigenvalue weighted by Gasteiger charge is -2.06. The van der Waals surface area contributed by atoms with Crippen molar-refractivity contribution < 1.29 is 0 Å². The Bertz CT molecular complexity index is 907. The molecule has 24 heavy (non-hydrogen) atoms. The highest BCUT2D eigenvalue weighted by Gasteiger charge is 2.09. The summed E-state index contributed by atoms with van der Waals surface area (Å²) in [6, 6.07) is 32.1. The van der Waals surface area contributed by atoms with E-state index < -0.39 is 0 Å². The predicted octanol–water partition coefficient (Wildman–Crippen LogP) is 7.23. The van der Waals surface area contributed by atoms with E-state index in [0.717, 1.165) is 0 Å². The van der Waals surface area contributed by atoms with Gasteiger partial charge in [-0.2, -0.15) is 0 Å². The van der Waals surface area contributed by atoms with Gasteiger partial charge in [0.05, 0.1) is 4.21 Å². The second-order valence-corrected chi connectivity index (χ2v) is 7.74. The molecule has 3 aromatic carbocycles. The molecule has 2 heteroatoms. The maximum Gasteiger partial charge on any atom is 0.0724 e. The second-order valence-electron chi connectivity index (χ2n) is 5.48. The molecule has 0 aliphatic heterocycles. The Labute approximate surface area is 150 Å². The van der Waals surface area contributed by atoms with Gasteiger partial charge in [-0.3, -0.25) is 0 Å². The summed E-state index contributed by atoms with van der Waals surface area (Å²) in [4.78, 5) is 1.28. The summed E-state index contributed by atoms with van der Waals surface area (Å²) in [6.45, 7) is 0. The van der Waals surface area contributed by atoms with Crippen molar-refractivity contribution in [3.63, 3.8) is 0 Å². The molecule has 0 atom stereocenters. The summed E-state index contributed by atoms with van der Waals surface area (Å²) in [5.74, 6) is 0. The Morgan fingerprint density at radius 3 is 1.83 bits per heavy atom. The number of thiophene rings is 1. The molecule has 0 bridgehead atoms. The Balaban J connectivity index is 1.62. The van der Waals surface area contributed by atoms with Crippen molar-refractivity contribution in [2.45, 2.75) is 9.10 Å². The zero-order valence-electron chi connectivity index (χ0n) is 13.1. The van der Waals surface area contributed by atoms with Gasteiger partial charge in [0.15, 0.2) is 0 Å². The van der Waals surface area contributed by atoms with E-state index in [4.69, 9.17) is 0 Å². The van der Waals surface area contributed by atoms with Crippen molar-refractivity contribution in [3.05, 3.63) is 96.4 Å². The van der Waals surface area contributed by atoms with E-state index in [0.29, 0.717) is 0 Å². The molecule has 1 aromatic heterocycles. The summed E-state index contributed by atoms with van der Waals surface area (Å²) in [6.07, 6.45) is 0. The van der Waals surface area contributed by atoms with E-state index >= 15 is 0 Å². The van der Waals surface area contributed by atoms with Crippen LogP contribution in [0, 0.1) is 0 Å². The van der Waals surface area contributed by atoms with Gasteiger partial charge in [-0.25, -0.2) is 0 Å². The zero-order chi connectivity index (χ0) is 16.2. The van der Waals surface area contributed by atoms with E-state index in [-0.39, 0.29) is 0 Å². The van der Waals surface area contributed by atoms with E-state index in [1.54, 1.807) is 11.3 Å². The molecular formula is C22H16S2. The minimum absolute atomic E-state index is 1.26. The van der Waals surface area contributed by atoms with Crippen molar-refractivity contribution in [1.29, 1.82) is 0 Å². The lowest BCUT2D eigenvalue weighted by atomic mass is 10.0. The molecule has 0 saturated heterocycles. The first kappa shape index (κ1) is 15.3. The highest BCUT2D eigenvalue weighted by molar-refractivity contribution is 8.01. The first-order valence-corrected chi connectivity index (χ1v) is 9.56. The monoisotopic (exact) mass is 344 g/mol. The van der Waals surface area contributed by atoms with Crippen LogP contribution in [0.25, 0.3) is 22.3 Å². The molecule has 0 N–H and O–H groups in total. The molecule has 1 heterocycles. The van der Waals surface area contributed by atoms with Gasteiger partial charge in [0, 0.05) is 10.5 Å². The lowest BCUT2D eigenvalue weighted by molar-refractivity contribution is 1.45. The largest absolute Gasteiger partial charge is 0.136 e. The van der Waals surface area contributed by atoms with Gasteiger partial charge in [-0.05, 0) is 40.3 Å². The van der Waals surface area contributed by atoms with Gasteiger partial charge in [-0.15, -0.1) is 11.3 Å². The van der Waals surface area contributed by atoms with Crippen molar-refractivity contribution in [1.82, 2.24) is 0 Å². The van der Waals surface area contributed by atoms with Gasteiger partial charge in [0.2, 0.25) is 0 Å². The predicted molar refractivity (Wildman–Crippen MR) is 106 cm³/mol. The lowest BCUT2D eigenvalue weighted by Crippen LogP contribution is -1.80. The normalized spacial score (nSPS) is 10.7. The van der Waals surface area contributed by atoms with Crippen molar-refractivity contribution in [3.8, 4) is 22.3 Å². The van der Waals surface area contributed by atoms with Crippen LogP contribution < -0.4 is 0 Å². The van der Waals surface area contributed by atoms with Gasteiger partial charge in [-0.1, -0.05) is 84.6 Å². The molecule has 0 radical (unpaired) electrons. The zero-order valence-corrected chi connectivity index (χ0v) is 14.7. The van der Waals surface area contributed by atoms with Gasteiger partial charge < -0.3 is 0 Å². The summed E-state index contributed by atoms with van der Waals surface area (Å²) in [5, 5.41) is 2.17. The number of benzene rings is 3. The minimum atomic E-state index is 1.26. The molecule has 0 aliphatic carbocycles. The molecule has 116 valence electrons. The summed E-state index contributed by atoms with van der Waals surface area (Å²) in [7, 11) is 0. The van der Waals surface area contributed by atoms with Crippen LogP contribution in [0.1, 0.15) is 0 Å². The fraction of sp³-hybridized carbons (Fsp3) is 0. The third kappa shape index (κ3) is 3.30. The smallest absolute Gasteiger partial charge is 0.0724 e. The second kappa shape index (κ2) is 7.08. The number of hydrogen-bond donors (Lipinski definition) is 0. The molecule has 4 rings (SSSR count). The Morgan fingerprint density at radius 1 is 0.542 bits per heavy atom. The molecular weight excluding hydrogens is 328 g/mol. The van der Waals surface area contributed by atoms with Crippen molar-refractivity contribution in [2.75, 3.05) is 0 Å². The third-order valence-electron chi connectivity index (χ3n) is 3.89. The van der Waals surface area contributed by atoms with Crippen LogP contribution in [0.15, 0.2) is 105 Å². The summed E-state index contributed by atoms with van der Waals surface area (Å²) in [5.41, 5.74) is 5.10. The highest BCUT2D eigenvalue weighted by atomic mass is 32.2. The summed E-state index contributed by atoms with van der Waals surface area (Å²) < 4.78 is 1.34. The van der Waals surface area contributed by atoms with Gasteiger partial charge in [0.25, 0.3) is 0 Å². The van der Waals surface area contributed by atoms with Crippen LogP contribution in [0.4, 0.5) is 0 Å². The van der Waals surface area contributed by atoms with Crippen LogP contribution >= 0.6 is 23.1 Å². The molecule has 0 aliphatic rings. The third-order valence-corrected chi connectivity index (χ3v) is 6.04. The Morgan fingerprint density at radius 2 is 1.12 bits per heavy atom. The molecule has 0 unspecified atom stereocenters. The van der Waals surface area contributed by atoms with E-state index in [2.05, 4.69) is 96.4 Å². The summed E-state index contributed by atoms with van der Waals surface area (Å²) >= 11 is 3.64. The molecule has 0 spiro atoms. The topological polar surface area (TPSA) is 0 Å². The standard InChI is InChI=1S/C22H16S2/c1-3-7-17(8-4-1)18-11-13-19(14-12-18)21-15-16-23-22(21)24-20-9-5-2-6-10-20/h1-16H. The van der Waals surface area contributed by atoms with Crippen LogP contribution in [-0.4, -0.2) is 0 Å². The van der Waals surface area contributed by atoms with E-state index in [9.17, 15) is 0 Å². The van der Waals surface area contributed by atoms with Crippen LogP contribution in [0.2, 0.25) is 0 Å². The first-order chi connectivity index (χ1) is 11.9. The Kier molecular flexibility index (Phi) is 4.50. The molecule has 0 amide bonds. The molecule has 0 nitrogen and oxygen atoms in total. The van der Waals surface area contributed by atoms with Crippen LogP contribution in [0.3, 0.4) is 0 Å². The quantitative estimate of drug-likeness (QED) is 0.376. The van der Waals surface area contributed by atoms with E-state index in [1.807, 2.05) is 11.8 Å². The average molecular weight is 345 g/mol. The van der Waals surface area contributed by atoms with Crippen LogP contribution in [-0.2, 0) is 0 Å². The number of hydrogen-bond acceptors (Lipinski definition) is 2. The SMILES string of the molecule is c1ccc(Sc2sccc2-c2ccc(-c3ccccc3)cc2)cc1. The minimum Gasteiger partial charge on any atom is -0.136 e. The fourth-order valence-corrected chi connectivity index (χ4v) is 4.75. The number of rotatable bonds is 4. The Hall–Kier alpha value is -2.29. The van der Waals surface area contributed by atoms with Gasteiger partial charge in [0.1, 0.15) is 0 Å². The maximum atomic E-state index is 2.22. The first-order valence-electron chi connectivity index (χ1n) is 7.86. The fourth-order valence-electron chi connectivity index (χ4n) is 2.66. The van der Waals surface area contributed by atoms with E-state index in [1.165, 1.54) is 31.4 Å². The molecule has 0 saturated carbocycles. The van der Waals surface area contributed by atoms with Gasteiger partial charge >= 0.3 is 0 Å². The highest BCUT2D eigenvalue weighted by Crippen LogP contribution is 2.40. The average Bonchev–Trinajstić information content (AvgIpc) is 3.11. The molecule has 0 fully saturated rings.